The molecule has 0 spiro atoms. The summed E-state index contributed by atoms with van der Waals surface area (Å²) in [5.41, 5.74) is 2.54. The van der Waals surface area contributed by atoms with Crippen molar-refractivity contribution < 1.29 is 4.79 Å². The number of rotatable bonds is 2. The van der Waals surface area contributed by atoms with E-state index < -0.39 is 0 Å². The maximum Gasteiger partial charge on any atom is 0.260 e. The van der Waals surface area contributed by atoms with Crippen LogP contribution in [0.3, 0.4) is 0 Å². The summed E-state index contributed by atoms with van der Waals surface area (Å²) in [5.74, 6) is -0.148. The fraction of sp³-hybridized carbons (Fsp3) is 0.417. The topological polar surface area (TPSA) is 71.8 Å². The largest absolute Gasteiger partial charge is 0.311 e. The van der Waals surface area contributed by atoms with Gasteiger partial charge in [0.05, 0.1) is 17.5 Å². The average Bonchev–Trinajstić information content (AvgIpc) is 2.93. The summed E-state index contributed by atoms with van der Waals surface area (Å²) in [6.45, 7) is 3.67. The Balaban J connectivity index is 1.79. The number of amides is 1. The van der Waals surface area contributed by atoms with Crippen LogP contribution in [0.25, 0.3) is 0 Å². The summed E-state index contributed by atoms with van der Waals surface area (Å²) in [6.07, 6.45) is 2.51. The Labute approximate surface area is 114 Å². The fourth-order valence-electron chi connectivity index (χ4n) is 2.07. The summed E-state index contributed by atoms with van der Waals surface area (Å²) in [5, 5.41) is 10.9. The van der Waals surface area contributed by atoms with Crippen LogP contribution < -0.4 is 10.6 Å². The molecule has 2 N–H and O–H groups in total. The Morgan fingerprint density at radius 2 is 2.42 bits per heavy atom. The lowest BCUT2D eigenvalue weighted by atomic mass is 10.2. The van der Waals surface area contributed by atoms with Gasteiger partial charge in [-0.25, -0.2) is 4.98 Å². The predicted octanol–water partition coefficient (Wildman–Crippen LogP) is 1.08. The molecular weight excluding hydrogens is 262 g/mol. The lowest BCUT2D eigenvalue weighted by Crippen LogP contribution is -2.22. The Hall–Kier alpha value is -1.73. The van der Waals surface area contributed by atoms with Gasteiger partial charge in [-0.15, -0.1) is 11.3 Å². The highest BCUT2D eigenvalue weighted by molar-refractivity contribution is 7.15. The van der Waals surface area contributed by atoms with E-state index in [1.54, 1.807) is 10.9 Å². The number of hydrogen-bond acceptors (Lipinski definition) is 5. The van der Waals surface area contributed by atoms with Gasteiger partial charge >= 0.3 is 0 Å². The average molecular weight is 277 g/mol. The maximum atomic E-state index is 12.1. The molecule has 0 radical (unpaired) electrons. The molecular formula is C12H15N5OS. The first-order chi connectivity index (χ1) is 9.15. The molecule has 7 heteroatoms. The number of aryl methyl sites for hydroxylation is 1. The van der Waals surface area contributed by atoms with Gasteiger partial charge in [-0.2, -0.15) is 5.10 Å². The molecule has 0 saturated carbocycles. The molecule has 1 aliphatic rings. The van der Waals surface area contributed by atoms with E-state index in [0.29, 0.717) is 10.7 Å². The quantitative estimate of drug-likeness (QED) is 0.861. The lowest BCUT2D eigenvalue weighted by Gasteiger charge is -2.09. The van der Waals surface area contributed by atoms with E-state index in [0.717, 1.165) is 30.9 Å². The molecule has 1 amide bonds. The summed E-state index contributed by atoms with van der Waals surface area (Å²) >= 11 is 1.54. The number of fused-ring (bicyclic) bond motifs is 1. The molecule has 2 aromatic heterocycles. The van der Waals surface area contributed by atoms with E-state index in [4.69, 9.17) is 0 Å². The molecule has 0 aliphatic carbocycles. The van der Waals surface area contributed by atoms with Crippen molar-refractivity contribution in [2.75, 3.05) is 11.9 Å². The second-order valence-electron chi connectivity index (χ2n) is 4.54. The molecule has 19 heavy (non-hydrogen) atoms. The molecule has 1 aliphatic heterocycles. The van der Waals surface area contributed by atoms with Crippen LogP contribution in [-0.4, -0.2) is 27.2 Å². The van der Waals surface area contributed by atoms with E-state index in [9.17, 15) is 4.79 Å². The minimum atomic E-state index is -0.148. The van der Waals surface area contributed by atoms with Gasteiger partial charge in [0.15, 0.2) is 5.13 Å². The molecule has 0 aromatic carbocycles. The third-order valence-electron chi connectivity index (χ3n) is 3.30. The predicted molar refractivity (Wildman–Crippen MR) is 73.4 cm³/mol. The Morgan fingerprint density at radius 3 is 3.11 bits per heavy atom. The first-order valence-electron chi connectivity index (χ1n) is 6.14. The zero-order valence-electron chi connectivity index (χ0n) is 10.9. The van der Waals surface area contributed by atoms with E-state index in [-0.39, 0.29) is 5.91 Å². The zero-order valence-corrected chi connectivity index (χ0v) is 11.7. The number of hydrogen-bond donors (Lipinski definition) is 2. The monoisotopic (exact) mass is 277 g/mol. The van der Waals surface area contributed by atoms with Crippen molar-refractivity contribution >= 4 is 22.4 Å². The third kappa shape index (κ3) is 2.26. The SMILES string of the molecule is Cc1c(C(=O)Nc2nc3c(s2)CNCC3)cnn1C. The summed E-state index contributed by atoms with van der Waals surface area (Å²) in [6, 6.07) is 0. The van der Waals surface area contributed by atoms with Gasteiger partial charge in [-0.3, -0.25) is 14.8 Å². The van der Waals surface area contributed by atoms with Gasteiger partial charge in [0.1, 0.15) is 0 Å². The maximum absolute atomic E-state index is 12.1. The molecule has 2 aromatic rings. The minimum Gasteiger partial charge on any atom is -0.311 e. The number of nitrogens with one attached hydrogen (secondary N) is 2. The first kappa shape index (κ1) is 12.3. The van der Waals surface area contributed by atoms with Gasteiger partial charge in [0.2, 0.25) is 0 Å². The molecule has 0 fully saturated rings. The van der Waals surface area contributed by atoms with Gasteiger partial charge < -0.3 is 5.32 Å². The Kier molecular flexibility index (Phi) is 3.08. The van der Waals surface area contributed by atoms with Crippen LogP contribution in [0, 0.1) is 6.92 Å². The molecule has 3 rings (SSSR count). The Bertz CT molecular complexity index is 607. The fourth-order valence-corrected chi connectivity index (χ4v) is 3.04. The van der Waals surface area contributed by atoms with Gasteiger partial charge in [0.25, 0.3) is 5.91 Å². The lowest BCUT2D eigenvalue weighted by molar-refractivity contribution is 0.102. The van der Waals surface area contributed by atoms with Crippen molar-refractivity contribution in [1.29, 1.82) is 0 Å². The normalized spacial score (nSPS) is 14.2. The molecule has 6 nitrogen and oxygen atoms in total. The number of nitrogens with zero attached hydrogens (tertiary/aromatic N) is 3. The van der Waals surface area contributed by atoms with Gasteiger partial charge in [-0.05, 0) is 6.92 Å². The highest BCUT2D eigenvalue weighted by Gasteiger charge is 2.18. The molecule has 0 saturated heterocycles. The minimum absolute atomic E-state index is 0.148. The van der Waals surface area contributed by atoms with Crippen LogP contribution in [-0.2, 0) is 20.0 Å². The second-order valence-corrected chi connectivity index (χ2v) is 5.62. The first-order valence-corrected chi connectivity index (χ1v) is 6.96. The van der Waals surface area contributed by atoms with Crippen LogP contribution in [0.15, 0.2) is 6.20 Å². The van der Waals surface area contributed by atoms with Crippen LogP contribution in [0.2, 0.25) is 0 Å². The van der Waals surface area contributed by atoms with Crippen molar-refractivity contribution in [3.63, 3.8) is 0 Å². The van der Waals surface area contributed by atoms with E-state index >= 15 is 0 Å². The molecule has 0 atom stereocenters. The van der Waals surface area contributed by atoms with Crippen molar-refractivity contribution in [2.24, 2.45) is 7.05 Å². The summed E-state index contributed by atoms with van der Waals surface area (Å²) in [4.78, 5) is 17.8. The van der Waals surface area contributed by atoms with Crippen molar-refractivity contribution in [3.05, 3.63) is 28.0 Å². The third-order valence-corrected chi connectivity index (χ3v) is 4.32. The van der Waals surface area contributed by atoms with E-state index in [1.165, 1.54) is 16.2 Å². The van der Waals surface area contributed by atoms with E-state index in [1.807, 2.05) is 14.0 Å². The van der Waals surface area contributed by atoms with Crippen LogP contribution in [0.4, 0.5) is 5.13 Å². The Morgan fingerprint density at radius 1 is 1.58 bits per heavy atom. The summed E-state index contributed by atoms with van der Waals surface area (Å²) < 4.78 is 1.69. The zero-order chi connectivity index (χ0) is 13.4. The van der Waals surface area contributed by atoms with Gasteiger partial charge in [0, 0.05) is 37.1 Å². The van der Waals surface area contributed by atoms with E-state index in [2.05, 4.69) is 20.7 Å². The highest BCUT2D eigenvalue weighted by Crippen LogP contribution is 2.25. The number of thiazole rings is 1. The number of anilines is 1. The molecule has 100 valence electrons. The smallest absolute Gasteiger partial charge is 0.260 e. The number of aromatic nitrogens is 3. The molecule has 0 bridgehead atoms. The highest BCUT2D eigenvalue weighted by atomic mass is 32.1. The van der Waals surface area contributed by atoms with Crippen molar-refractivity contribution in [1.82, 2.24) is 20.1 Å². The van der Waals surface area contributed by atoms with Crippen LogP contribution in [0.1, 0.15) is 26.6 Å². The number of carbonyl (C=O) groups excluding carboxylic acids is 1. The molecule has 3 heterocycles. The summed E-state index contributed by atoms with van der Waals surface area (Å²) in [7, 11) is 1.82. The standard InChI is InChI=1S/C12H15N5OS/c1-7-8(5-14-17(7)2)11(18)16-12-15-9-3-4-13-6-10(9)19-12/h5,13H,3-4,6H2,1-2H3,(H,15,16,18). The van der Waals surface area contributed by atoms with Crippen molar-refractivity contribution in [3.8, 4) is 0 Å². The van der Waals surface area contributed by atoms with Crippen molar-refractivity contribution in [2.45, 2.75) is 19.9 Å². The van der Waals surface area contributed by atoms with Gasteiger partial charge in [-0.1, -0.05) is 0 Å². The number of carbonyl (C=O) groups is 1. The molecule has 0 unspecified atom stereocenters. The van der Waals surface area contributed by atoms with Crippen LogP contribution >= 0.6 is 11.3 Å². The van der Waals surface area contributed by atoms with Crippen LogP contribution in [0.5, 0.6) is 0 Å². The second kappa shape index (κ2) is 4.75.